The number of carbonyl (C=O) groups is 1. The highest BCUT2D eigenvalue weighted by Gasteiger charge is 2.38. The zero-order valence-corrected chi connectivity index (χ0v) is 7.77. The minimum atomic E-state index is -0.604. The summed E-state index contributed by atoms with van der Waals surface area (Å²) >= 11 is 0. The first kappa shape index (κ1) is 10.2. The van der Waals surface area contributed by atoms with Crippen molar-refractivity contribution in [2.45, 2.75) is 18.6 Å². The summed E-state index contributed by atoms with van der Waals surface area (Å²) in [5.41, 5.74) is 0. The van der Waals surface area contributed by atoms with Crippen LogP contribution in [0.3, 0.4) is 0 Å². The Morgan fingerprint density at radius 1 is 1.85 bits per heavy atom. The molecule has 1 heterocycles. The molecular weight excluding hydrogens is 170 g/mol. The molecule has 0 amide bonds. The van der Waals surface area contributed by atoms with Gasteiger partial charge in [0.25, 0.3) is 0 Å². The lowest BCUT2D eigenvalue weighted by atomic mass is 10.2. The molecule has 74 valence electrons. The van der Waals surface area contributed by atoms with E-state index >= 15 is 0 Å². The van der Waals surface area contributed by atoms with E-state index in [1.54, 1.807) is 6.08 Å². The molecule has 13 heavy (non-hydrogen) atoms. The molecule has 1 aliphatic rings. The zero-order chi connectivity index (χ0) is 9.84. The van der Waals surface area contributed by atoms with Gasteiger partial charge in [-0.2, -0.15) is 0 Å². The van der Waals surface area contributed by atoms with Crippen LogP contribution in [-0.2, 0) is 9.53 Å². The summed E-state index contributed by atoms with van der Waals surface area (Å²) in [6.07, 6.45) is 1.73. The van der Waals surface area contributed by atoms with Gasteiger partial charge in [0, 0.05) is 13.1 Å². The molecular formula is C9H15NO3. The molecule has 4 heteroatoms. The summed E-state index contributed by atoms with van der Waals surface area (Å²) in [5, 5.41) is 9.51. The Morgan fingerprint density at radius 2 is 2.54 bits per heavy atom. The Kier molecular flexibility index (Phi) is 3.45. The molecule has 0 unspecified atom stereocenters. The SMILES string of the molecule is C=CCN1CC[C@H](O)[C@H]1C(=O)OC. The average Bonchev–Trinajstić information content (AvgIpc) is 2.47. The first-order chi connectivity index (χ1) is 6.20. The fourth-order valence-electron chi connectivity index (χ4n) is 1.64. The zero-order valence-electron chi connectivity index (χ0n) is 7.77. The molecule has 4 nitrogen and oxygen atoms in total. The molecule has 0 aliphatic carbocycles. The van der Waals surface area contributed by atoms with Crippen molar-refractivity contribution in [3.8, 4) is 0 Å². The van der Waals surface area contributed by atoms with Crippen molar-refractivity contribution in [2.75, 3.05) is 20.2 Å². The van der Waals surface area contributed by atoms with Gasteiger partial charge in [-0.05, 0) is 6.42 Å². The van der Waals surface area contributed by atoms with Crippen molar-refractivity contribution in [1.82, 2.24) is 4.90 Å². The van der Waals surface area contributed by atoms with Crippen LogP contribution in [0.25, 0.3) is 0 Å². The molecule has 0 aromatic heterocycles. The number of esters is 1. The van der Waals surface area contributed by atoms with Gasteiger partial charge in [-0.25, -0.2) is 0 Å². The second-order valence-corrected chi connectivity index (χ2v) is 3.11. The number of likely N-dealkylation sites (tertiary alicyclic amines) is 1. The van der Waals surface area contributed by atoms with Crippen LogP contribution in [0.15, 0.2) is 12.7 Å². The van der Waals surface area contributed by atoms with Gasteiger partial charge in [-0.3, -0.25) is 9.69 Å². The predicted molar refractivity (Wildman–Crippen MR) is 48.2 cm³/mol. The maximum absolute atomic E-state index is 11.3. The lowest BCUT2D eigenvalue weighted by molar-refractivity contribution is -0.148. The second kappa shape index (κ2) is 4.39. The van der Waals surface area contributed by atoms with Crippen LogP contribution in [-0.4, -0.2) is 48.3 Å². The number of methoxy groups -OCH3 is 1. The van der Waals surface area contributed by atoms with Gasteiger partial charge >= 0.3 is 5.97 Å². The van der Waals surface area contributed by atoms with E-state index in [-0.39, 0.29) is 5.97 Å². The minimum absolute atomic E-state index is 0.369. The molecule has 0 aromatic carbocycles. The van der Waals surface area contributed by atoms with Crippen LogP contribution in [0, 0.1) is 0 Å². The predicted octanol–water partition coefficient (Wildman–Crippen LogP) is -0.219. The highest BCUT2D eigenvalue weighted by atomic mass is 16.5. The van der Waals surface area contributed by atoms with E-state index in [1.165, 1.54) is 7.11 Å². The lowest BCUT2D eigenvalue weighted by Crippen LogP contribution is -2.42. The van der Waals surface area contributed by atoms with Gasteiger partial charge < -0.3 is 9.84 Å². The molecule has 1 N–H and O–H groups in total. The number of aliphatic hydroxyl groups excluding tert-OH is 1. The molecule has 0 saturated carbocycles. The Labute approximate surface area is 77.8 Å². The number of hydrogen-bond donors (Lipinski definition) is 1. The molecule has 0 bridgehead atoms. The van der Waals surface area contributed by atoms with E-state index in [1.807, 2.05) is 4.90 Å². The quantitative estimate of drug-likeness (QED) is 0.488. The van der Waals surface area contributed by atoms with E-state index in [0.717, 1.165) is 0 Å². The summed E-state index contributed by atoms with van der Waals surface area (Å²) in [7, 11) is 1.33. The molecule has 1 aliphatic heterocycles. The summed E-state index contributed by atoms with van der Waals surface area (Å²) in [4.78, 5) is 13.1. The van der Waals surface area contributed by atoms with Crippen molar-refractivity contribution in [1.29, 1.82) is 0 Å². The number of rotatable bonds is 3. The molecule has 0 radical (unpaired) electrons. The van der Waals surface area contributed by atoms with Crippen molar-refractivity contribution in [3.63, 3.8) is 0 Å². The van der Waals surface area contributed by atoms with Crippen LogP contribution in [0.5, 0.6) is 0 Å². The maximum Gasteiger partial charge on any atom is 0.325 e. The monoisotopic (exact) mass is 185 g/mol. The highest BCUT2D eigenvalue weighted by molar-refractivity contribution is 5.76. The van der Waals surface area contributed by atoms with Crippen LogP contribution in [0.2, 0.25) is 0 Å². The standard InChI is InChI=1S/C9H15NO3/c1-3-5-10-6-4-7(11)8(10)9(12)13-2/h3,7-8,11H,1,4-6H2,2H3/t7-,8-/m0/s1. The number of carbonyl (C=O) groups excluding carboxylic acids is 1. The second-order valence-electron chi connectivity index (χ2n) is 3.11. The topological polar surface area (TPSA) is 49.8 Å². The van der Waals surface area contributed by atoms with Crippen molar-refractivity contribution in [2.24, 2.45) is 0 Å². The van der Waals surface area contributed by atoms with E-state index in [4.69, 9.17) is 0 Å². The van der Waals surface area contributed by atoms with Gasteiger partial charge in [0.1, 0.15) is 6.04 Å². The number of ether oxygens (including phenoxy) is 1. The lowest BCUT2D eigenvalue weighted by Gasteiger charge is -2.21. The smallest absolute Gasteiger partial charge is 0.325 e. The summed E-state index contributed by atoms with van der Waals surface area (Å²) < 4.78 is 4.61. The summed E-state index contributed by atoms with van der Waals surface area (Å²) in [5.74, 6) is -0.369. The fraction of sp³-hybridized carbons (Fsp3) is 0.667. The third-order valence-electron chi connectivity index (χ3n) is 2.28. The largest absolute Gasteiger partial charge is 0.468 e. The van der Waals surface area contributed by atoms with Gasteiger partial charge in [-0.15, -0.1) is 6.58 Å². The molecule has 2 atom stereocenters. The molecule has 1 fully saturated rings. The number of nitrogens with zero attached hydrogens (tertiary/aromatic N) is 1. The van der Waals surface area contributed by atoms with Crippen molar-refractivity contribution in [3.05, 3.63) is 12.7 Å². The van der Waals surface area contributed by atoms with Crippen LogP contribution in [0.1, 0.15) is 6.42 Å². The third kappa shape index (κ3) is 2.08. The van der Waals surface area contributed by atoms with Crippen LogP contribution >= 0.6 is 0 Å². The molecule has 0 spiro atoms. The minimum Gasteiger partial charge on any atom is -0.468 e. The van der Waals surface area contributed by atoms with Gasteiger partial charge in [-0.1, -0.05) is 6.08 Å². The number of hydrogen-bond acceptors (Lipinski definition) is 4. The third-order valence-corrected chi connectivity index (χ3v) is 2.28. The Morgan fingerprint density at radius 3 is 3.08 bits per heavy atom. The van der Waals surface area contributed by atoms with Crippen LogP contribution in [0.4, 0.5) is 0 Å². The molecule has 1 saturated heterocycles. The fourth-order valence-corrected chi connectivity index (χ4v) is 1.64. The summed E-state index contributed by atoms with van der Waals surface area (Å²) in [6.45, 7) is 4.92. The van der Waals surface area contributed by atoms with E-state index in [0.29, 0.717) is 19.5 Å². The van der Waals surface area contributed by atoms with Gasteiger partial charge in [0.05, 0.1) is 13.2 Å². The molecule has 0 aromatic rings. The normalized spacial score (nSPS) is 28.8. The first-order valence-electron chi connectivity index (χ1n) is 4.31. The average molecular weight is 185 g/mol. The van der Waals surface area contributed by atoms with Gasteiger partial charge in [0.2, 0.25) is 0 Å². The Hall–Kier alpha value is -0.870. The van der Waals surface area contributed by atoms with Gasteiger partial charge in [0.15, 0.2) is 0 Å². The van der Waals surface area contributed by atoms with E-state index in [2.05, 4.69) is 11.3 Å². The van der Waals surface area contributed by atoms with E-state index < -0.39 is 12.1 Å². The summed E-state index contributed by atoms with van der Waals surface area (Å²) in [6, 6.07) is -0.511. The maximum atomic E-state index is 11.3. The number of aliphatic hydroxyl groups is 1. The van der Waals surface area contributed by atoms with Crippen LogP contribution < -0.4 is 0 Å². The highest BCUT2D eigenvalue weighted by Crippen LogP contribution is 2.18. The van der Waals surface area contributed by atoms with Crippen molar-refractivity contribution < 1.29 is 14.6 Å². The van der Waals surface area contributed by atoms with Crippen molar-refractivity contribution >= 4 is 5.97 Å². The van der Waals surface area contributed by atoms with E-state index in [9.17, 15) is 9.90 Å². The first-order valence-corrected chi connectivity index (χ1v) is 4.31. The Bertz CT molecular complexity index is 205. The Balaban J connectivity index is 2.64. The molecule has 1 rings (SSSR count).